The molecular weight excluding hydrogens is 229 g/mol. The monoisotopic (exact) mass is 251 g/mol. The lowest BCUT2D eigenvalue weighted by molar-refractivity contribution is -0.131. The van der Waals surface area contributed by atoms with Crippen molar-refractivity contribution in [1.82, 2.24) is 4.90 Å². The van der Waals surface area contributed by atoms with Crippen molar-refractivity contribution in [2.75, 3.05) is 6.54 Å². The van der Waals surface area contributed by atoms with E-state index >= 15 is 0 Å². The molecule has 0 saturated carbocycles. The number of benzene rings is 1. The fourth-order valence-corrected chi connectivity index (χ4v) is 1.88. The van der Waals surface area contributed by atoms with Crippen LogP contribution in [-0.4, -0.2) is 17.4 Å². The second-order valence-electron chi connectivity index (χ2n) is 4.50. The molecule has 0 unspecified atom stereocenters. The molecule has 18 heavy (non-hydrogen) atoms. The van der Waals surface area contributed by atoms with Gasteiger partial charge in [-0.05, 0) is 24.1 Å². The molecule has 0 bridgehead atoms. The highest BCUT2D eigenvalue weighted by molar-refractivity contribution is 5.75. The second-order valence-corrected chi connectivity index (χ2v) is 4.50. The predicted octanol–water partition coefficient (Wildman–Crippen LogP) is 3.75. The first-order valence-corrected chi connectivity index (χ1v) is 6.69. The number of nitrogens with zero attached hydrogens (tertiary/aromatic N) is 1. The number of hydrogen-bond acceptors (Lipinski definition) is 1. The van der Waals surface area contributed by atoms with Crippen molar-refractivity contribution in [2.45, 2.75) is 46.1 Å². The van der Waals surface area contributed by atoms with E-state index in [2.05, 4.69) is 6.92 Å². The average molecular weight is 251 g/mol. The summed E-state index contributed by atoms with van der Waals surface area (Å²) in [6.45, 7) is 5.39. The van der Waals surface area contributed by atoms with Crippen LogP contribution in [0.25, 0.3) is 0 Å². The van der Waals surface area contributed by atoms with E-state index in [1.165, 1.54) is 12.1 Å². The van der Waals surface area contributed by atoms with E-state index < -0.39 is 0 Å². The average Bonchev–Trinajstić information content (AvgIpc) is 2.39. The van der Waals surface area contributed by atoms with Crippen LogP contribution >= 0.6 is 0 Å². The van der Waals surface area contributed by atoms with Crippen LogP contribution in [0.2, 0.25) is 0 Å². The summed E-state index contributed by atoms with van der Waals surface area (Å²) in [5.41, 5.74) is 0.981. The van der Waals surface area contributed by atoms with Crippen LogP contribution in [0.4, 0.5) is 4.39 Å². The van der Waals surface area contributed by atoms with Crippen LogP contribution in [0.15, 0.2) is 24.3 Å². The van der Waals surface area contributed by atoms with Crippen LogP contribution in [0.1, 0.15) is 45.1 Å². The summed E-state index contributed by atoms with van der Waals surface area (Å²) in [7, 11) is 0. The van der Waals surface area contributed by atoms with Gasteiger partial charge in [0, 0.05) is 19.5 Å². The van der Waals surface area contributed by atoms with Gasteiger partial charge in [0.05, 0.1) is 0 Å². The van der Waals surface area contributed by atoms with Gasteiger partial charge in [0.2, 0.25) is 5.91 Å². The molecule has 2 nitrogen and oxygen atoms in total. The first kappa shape index (κ1) is 14.7. The summed E-state index contributed by atoms with van der Waals surface area (Å²) in [6.07, 6.45) is 3.83. The molecule has 0 N–H and O–H groups in total. The largest absolute Gasteiger partial charge is 0.338 e. The lowest BCUT2D eigenvalue weighted by Gasteiger charge is -2.22. The summed E-state index contributed by atoms with van der Waals surface area (Å²) < 4.78 is 12.8. The molecule has 0 saturated heterocycles. The minimum absolute atomic E-state index is 0.162. The number of rotatable bonds is 7. The van der Waals surface area contributed by atoms with Crippen LogP contribution in [0.3, 0.4) is 0 Å². The van der Waals surface area contributed by atoms with E-state index in [9.17, 15) is 9.18 Å². The highest BCUT2D eigenvalue weighted by atomic mass is 19.1. The zero-order chi connectivity index (χ0) is 13.4. The zero-order valence-electron chi connectivity index (χ0n) is 11.3. The molecule has 0 aliphatic rings. The number of carbonyl (C=O) groups is 1. The van der Waals surface area contributed by atoms with Gasteiger partial charge in [-0.25, -0.2) is 4.39 Å². The quantitative estimate of drug-likeness (QED) is 0.676. The van der Waals surface area contributed by atoms with Crippen molar-refractivity contribution in [1.29, 1.82) is 0 Å². The SMILES string of the molecule is CCCCCN(Cc1ccc(F)cc1)C(=O)CC. The Bertz CT molecular complexity index is 361. The van der Waals surface area contributed by atoms with Crippen molar-refractivity contribution in [2.24, 2.45) is 0 Å². The molecule has 0 aliphatic carbocycles. The van der Waals surface area contributed by atoms with Crippen LogP contribution in [0.5, 0.6) is 0 Å². The first-order valence-electron chi connectivity index (χ1n) is 6.69. The van der Waals surface area contributed by atoms with Gasteiger partial charge in [0.25, 0.3) is 0 Å². The third-order valence-corrected chi connectivity index (χ3v) is 2.97. The van der Waals surface area contributed by atoms with Crippen molar-refractivity contribution in [3.8, 4) is 0 Å². The molecular formula is C15H22FNO. The Morgan fingerprint density at radius 3 is 2.39 bits per heavy atom. The van der Waals surface area contributed by atoms with Gasteiger partial charge >= 0.3 is 0 Å². The molecule has 100 valence electrons. The minimum Gasteiger partial charge on any atom is -0.338 e. The summed E-state index contributed by atoms with van der Waals surface area (Å²) in [4.78, 5) is 13.7. The number of hydrogen-bond donors (Lipinski definition) is 0. The van der Waals surface area contributed by atoms with Gasteiger partial charge in [-0.1, -0.05) is 38.8 Å². The Labute approximate surface area is 109 Å². The summed E-state index contributed by atoms with van der Waals surface area (Å²) in [5, 5.41) is 0. The molecule has 0 aliphatic heterocycles. The van der Waals surface area contributed by atoms with E-state index in [0.29, 0.717) is 13.0 Å². The number of halogens is 1. The molecule has 3 heteroatoms. The Hall–Kier alpha value is -1.38. The topological polar surface area (TPSA) is 20.3 Å². The van der Waals surface area contributed by atoms with Crippen molar-refractivity contribution in [3.05, 3.63) is 35.6 Å². The predicted molar refractivity (Wildman–Crippen MR) is 71.6 cm³/mol. The maximum Gasteiger partial charge on any atom is 0.222 e. The Morgan fingerprint density at radius 2 is 1.83 bits per heavy atom. The van der Waals surface area contributed by atoms with Crippen molar-refractivity contribution >= 4 is 5.91 Å². The van der Waals surface area contributed by atoms with Gasteiger partial charge in [0.15, 0.2) is 0 Å². The molecule has 1 amide bonds. The highest BCUT2D eigenvalue weighted by Crippen LogP contribution is 2.09. The third kappa shape index (κ3) is 4.86. The molecule has 1 aromatic carbocycles. The lowest BCUT2D eigenvalue weighted by atomic mass is 10.2. The zero-order valence-corrected chi connectivity index (χ0v) is 11.3. The van der Waals surface area contributed by atoms with E-state index in [4.69, 9.17) is 0 Å². The highest BCUT2D eigenvalue weighted by Gasteiger charge is 2.11. The molecule has 1 rings (SSSR count). The minimum atomic E-state index is -0.238. The maximum absolute atomic E-state index is 12.8. The van der Waals surface area contributed by atoms with Gasteiger partial charge in [-0.15, -0.1) is 0 Å². The molecule has 0 aromatic heterocycles. The molecule has 0 fully saturated rings. The van der Waals surface area contributed by atoms with E-state index in [0.717, 1.165) is 31.4 Å². The Kier molecular flexibility index (Phi) is 6.40. The summed E-state index contributed by atoms with van der Waals surface area (Å²) >= 11 is 0. The number of amides is 1. The van der Waals surface area contributed by atoms with Gasteiger partial charge in [0.1, 0.15) is 5.82 Å². The van der Waals surface area contributed by atoms with E-state index in [1.54, 1.807) is 12.1 Å². The standard InChI is InChI=1S/C15H22FNO/c1-3-5-6-11-17(15(18)4-2)12-13-7-9-14(16)10-8-13/h7-10H,3-6,11-12H2,1-2H3. The second kappa shape index (κ2) is 7.85. The van der Waals surface area contributed by atoms with E-state index in [1.807, 2.05) is 11.8 Å². The normalized spacial score (nSPS) is 10.4. The van der Waals surface area contributed by atoms with Crippen molar-refractivity contribution < 1.29 is 9.18 Å². The smallest absolute Gasteiger partial charge is 0.222 e. The Balaban J connectivity index is 2.59. The fraction of sp³-hybridized carbons (Fsp3) is 0.533. The van der Waals surface area contributed by atoms with E-state index in [-0.39, 0.29) is 11.7 Å². The lowest BCUT2D eigenvalue weighted by Crippen LogP contribution is -2.30. The molecule has 0 atom stereocenters. The van der Waals surface area contributed by atoms with Crippen LogP contribution in [-0.2, 0) is 11.3 Å². The maximum atomic E-state index is 12.8. The van der Waals surface area contributed by atoms with Crippen molar-refractivity contribution in [3.63, 3.8) is 0 Å². The number of carbonyl (C=O) groups excluding carboxylic acids is 1. The summed E-state index contributed by atoms with van der Waals surface area (Å²) in [5.74, 6) is -0.0754. The fourth-order valence-electron chi connectivity index (χ4n) is 1.88. The number of unbranched alkanes of at least 4 members (excludes halogenated alkanes) is 2. The molecule has 0 heterocycles. The van der Waals surface area contributed by atoms with Gasteiger partial charge in [-0.3, -0.25) is 4.79 Å². The van der Waals surface area contributed by atoms with Crippen LogP contribution < -0.4 is 0 Å². The van der Waals surface area contributed by atoms with Gasteiger partial charge in [-0.2, -0.15) is 0 Å². The molecule has 1 aromatic rings. The van der Waals surface area contributed by atoms with Gasteiger partial charge < -0.3 is 4.90 Å². The van der Waals surface area contributed by atoms with Crippen LogP contribution in [0, 0.1) is 5.82 Å². The molecule has 0 radical (unpaired) electrons. The third-order valence-electron chi connectivity index (χ3n) is 2.97. The molecule has 0 spiro atoms. The first-order chi connectivity index (χ1) is 8.67. The summed E-state index contributed by atoms with van der Waals surface area (Å²) in [6, 6.07) is 6.36. The Morgan fingerprint density at radius 1 is 1.17 bits per heavy atom.